The van der Waals surface area contributed by atoms with Gasteiger partial charge in [-0.15, -0.1) is 0 Å². The molecule has 0 aromatic heterocycles. The van der Waals surface area contributed by atoms with Crippen molar-refractivity contribution in [2.75, 3.05) is 11.1 Å². The average molecular weight is 371 g/mol. The molecule has 24 heavy (non-hydrogen) atoms. The Morgan fingerprint density at radius 3 is 2.50 bits per heavy atom. The number of hydrogen-bond acceptors (Lipinski definition) is 4. The Kier molecular flexibility index (Phi) is 5.64. The molecule has 3 N–H and O–H groups in total. The van der Waals surface area contributed by atoms with Gasteiger partial charge in [0, 0.05) is 0 Å². The van der Waals surface area contributed by atoms with E-state index in [9.17, 15) is 14.0 Å². The van der Waals surface area contributed by atoms with Gasteiger partial charge in [-0.2, -0.15) is 0 Å². The van der Waals surface area contributed by atoms with Crippen molar-refractivity contribution in [1.82, 2.24) is 0 Å². The van der Waals surface area contributed by atoms with Gasteiger partial charge in [0.1, 0.15) is 5.82 Å². The van der Waals surface area contributed by atoms with E-state index in [2.05, 4.69) is 5.32 Å². The molecule has 0 spiro atoms. The first-order valence-corrected chi connectivity index (χ1v) is 7.55. The second kappa shape index (κ2) is 7.51. The van der Waals surface area contributed by atoms with E-state index < -0.39 is 23.8 Å². The van der Waals surface area contributed by atoms with Crippen molar-refractivity contribution in [3.8, 4) is 0 Å². The van der Waals surface area contributed by atoms with E-state index in [0.29, 0.717) is 5.02 Å². The smallest absolute Gasteiger partial charge is 0.338 e. The Hall–Kier alpha value is -2.31. The third-order valence-corrected chi connectivity index (χ3v) is 3.73. The number of ether oxygens (including phenoxy) is 1. The molecule has 0 saturated carbocycles. The fraction of sp³-hybridized carbons (Fsp3) is 0.125. The minimum atomic E-state index is -1.10. The molecule has 0 heterocycles. The highest BCUT2D eigenvalue weighted by Crippen LogP contribution is 2.23. The summed E-state index contributed by atoms with van der Waals surface area (Å²) < 4.78 is 18.0. The minimum absolute atomic E-state index is 0.0346. The van der Waals surface area contributed by atoms with E-state index in [1.165, 1.54) is 31.2 Å². The normalized spacial score (nSPS) is 11.7. The van der Waals surface area contributed by atoms with Crippen LogP contribution in [0.5, 0.6) is 0 Å². The molecule has 1 amide bonds. The highest BCUT2D eigenvalue weighted by Gasteiger charge is 2.20. The van der Waals surface area contributed by atoms with Crippen molar-refractivity contribution in [2.24, 2.45) is 0 Å². The number of benzene rings is 2. The average Bonchev–Trinajstić information content (AvgIpc) is 2.52. The number of amides is 1. The van der Waals surface area contributed by atoms with Gasteiger partial charge in [-0.05, 0) is 43.3 Å². The zero-order valence-electron chi connectivity index (χ0n) is 12.5. The molecule has 0 aliphatic carbocycles. The Morgan fingerprint density at radius 1 is 1.17 bits per heavy atom. The number of carbonyl (C=O) groups is 2. The van der Waals surface area contributed by atoms with Gasteiger partial charge in [0.05, 0.1) is 27.0 Å². The van der Waals surface area contributed by atoms with Gasteiger partial charge in [-0.25, -0.2) is 9.18 Å². The standard InChI is InChI=1S/C16H13Cl2FN2O3/c1-8(15(22)21-14-5-3-10(19)7-12(14)18)24-16(23)9-2-4-11(17)13(20)6-9/h2-8H,20H2,1H3,(H,21,22)/t8-/m0/s1. The lowest BCUT2D eigenvalue weighted by Crippen LogP contribution is -2.30. The topological polar surface area (TPSA) is 81.4 Å². The van der Waals surface area contributed by atoms with Gasteiger partial charge in [0.25, 0.3) is 5.91 Å². The predicted molar refractivity (Wildman–Crippen MR) is 90.8 cm³/mol. The Morgan fingerprint density at radius 2 is 1.88 bits per heavy atom. The summed E-state index contributed by atoms with van der Waals surface area (Å²) in [6.45, 7) is 1.39. The van der Waals surface area contributed by atoms with Crippen molar-refractivity contribution in [3.63, 3.8) is 0 Å². The minimum Gasteiger partial charge on any atom is -0.449 e. The van der Waals surface area contributed by atoms with Gasteiger partial charge in [0.15, 0.2) is 6.10 Å². The first kappa shape index (κ1) is 18.0. The first-order valence-electron chi connectivity index (χ1n) is 6.80. The highest BCUT2D eigenvalue weighted by atomic mass is 35.5. The maximum Gasteiger partial charge on any atom is 0.338 e. The van der Waals surface area contributed by atoms with Crippen LogP contribution < -0.4 is 11.1 Å². The molecule has 0 aliphatic rings. The van der Waals surface area contributed by atoms with Crippen molar-refractivity contribution in [2.45, 2.75) is 13.0 Å². The number of carbonyl (C=O) groups excluding carboxylic acids is 2. The van der Waals surface area contributed by atoms with Crippen LogP contribution >= 0.6 is 23.2 Å². The molecule has 0 aliphatic heterocycles. The Balaban J connectivity index is 2.02. The summed E-state index contributed by atoms with van der Waals surface area (Å²) in [7, 11) is 0. The van der Waals surface area contributed by atoms with Crippen molar-refractivity contribution in [1.29, 1.82) is 0 Å². The number of anilines is 2. The maximum atomic E-state index is 13.0. The largest absolute Gasteiger partial charge is 0.449 e. The molecule has 0 saturated heterocycles. The molecule has 126 valence electrons. The van der Waals surface area contributed by atoms with Crippen LogP contribution in [0.25, 0.3) is 0 Å². The van der Waals surface area contributed by atoms with Crippen LogP contribution in [0.2, 0.25) is 10.0 Å². The fourth-order valence-corrected chi connectivity index (χ4v) is 2.11. The second-order valence-corrected chi connectivity index (χ2v) is 5.71. The van der Waals surface area contributed by atoms with E-state index >= 15 is 0 Å². The zero-order valence-corrected chi connectivity index (χ0v) is 14.0. The van der Waals surface area contributed by atoms with Crippen LogP contribution in [0.3, 0.4) is 0 Å². The Bertz CT molecular complexity index is 799. The summed E-state index contributed by atoms with van der Waals surface area (Å²) >= 11 is 11.6. The van der Waals surface area contributed by atoms with Gasteiger partial charge in [0.2, 0.25) is 0 Å². The van der Waals surface area contributed by atoms with Crippen LogP contribution in [0.4, 0.5) is 15.8 Å². The molecular weight excluding hydrogens is 358 g/mol. The number of nitrogens with two attached hydrogens (primary N) is 1. The lowest BCUT2D eigenvalue weighted by atomic mass is 10.2. The summed E-state index contributed by atoms with van der Waals surface area (Å²) in [5.41, 5.74) is 6.21. The number of hydrogen-bond donors (Lipinski definition) is 2. The van der Waals surface area contributed by atoms with Crippen molar-refractivity contribution in [3.05, 3.63) is 57.8 Å². The monoisotopic (exact) mass is 370 g/mol. The summed E-state index contributed by atoms with van der Waals surface area (Å²) in [6.07, 6.45) is -1.10. The first-order chi connectivity index (χ1) is 11.3. The van der Waals surface area contributed by atoms with Crippen molar-refractivity contribution < 1.29 is 18.7 Å². The summed E-state index contributed by atoms with van der Waals surface area (Å²) in [5, 5.41) is 2.80. The predicted octanol–water partition coefficient (Wildman–Crippen LogP) is 3.90. The van der Waals surface area contributed by atoms with Gasteiger partial charge < -0.3 is 15.8 Å². The number of rotatable bonds is 4. The van der Waals surface area contributed by atoms with Gasteiger partial charge >= 0.3 is 5.97 Å². The number of nitrogens with one attached hydrogen (secondary N) is 1. The fourth-order valence-electron chi connectivity index (χ4n) is 1.78. The van der Waals surface area contributed by atoms with Crippen LogP contribution in [0.1, 0.15) is 17.3 Å². The molecule has 5 nitrogen and oxygen atoms in total. The molecule has 2 aromatic carbocycles. The maximum absolute atomic E-state index is 13.0. The third-order valence-electron chi connectivity index (χ3n) is 3.07. The molecule has 0 bridgehead atoms. The second-order valence-electron chi connectivity index (χ2n) is 4.90. The van der Waals surface area contributed by atoms with E-state index in [1.807, 2.05) is 0 Å². The van der Waals surface area contributed by atoms with E-state index in [0.717, 1.165) is 12.1 Å². The molecule has 8 heteroatoms. The molecule has 1 atom stereocenters. The van der Waals surface area contributed by atoms with E-state index in [-0.39, 0.29) is 22.0 Å². The SMILES string of the molecule is C[C@H](OC(=O)c1ccc(Cl)c(N)c1)C(=O)Nc1ccc(F)cc1Cl. The zero-order chi connectivity index (χ0) is 17.9. The molecule has 0 fully saturated rings. The van der Waals surface area contributed by atoms with Gasteiger partial charge in [-0.1, -0.05) is 23.2 Å². The van der Waals surface area contributed by atoms with Crippen LogP contribution in [0, 0.1) is 5.82 Å². The lowest BCUT2D eigenvalue weighted by molar-refractivity contribution is -0.123. The summed E-state index contributed by atoms with van der Waals surface area (Å²) in [4.78, 5) is 24.1. The van der Waals surface area contributed by atoms with E-state index in [4.69, 9.17) is 33.7 Å². The third kappa shape index (κ3) is 4.37. The number of halogens is 3. The van der Waals surface area contributed by atoms with Crippen molar-refractivity contribution >= 4 is 46.5 Å². The van der Waals surface area contributed by atoms with Gasteiger partial charge in [-0.3, -0.25) is 4.79 Å². The van der Waals surface area contributed by atoms with Crippen LogP contribution in [-0.2, 0) is 9.53 Å². The van der Waals surface area contributed by atoms with E-state index in [1.54, 1.807) is 0 Å². The molecule has 0 radical (unpaired) electrons. The molecule has 0 unspecified atom stereocenters. The molecular formula is C16H13Cl2FN2O3. The molecule has 2 rings (SSSR count). The summed E-state index contributed by atoms with van der Waals surface area (Å²) in [5.74, 6) is -1.87. The lowest BCUT2D eigenvalue weighted by Gasteiger charge is -2.14. The quantitative estimate of drug-likeness (QED) is 0.631. The van der Waals surface area contributed by atoms with Crippen LogP contribution in [0.15, 0.2) is 36.4 Å². The summed E-state index contributed by atoms with van der Waals surface area (Å²) in [6, 6.07) is 7.76. The Labute approximate surface area is 147 Å². The highest BCUT2D eigenvalue weighted by molar-refractivity contribution is 6.34. The number of esters is 1. The van der Waals surface area contributed by atoms with Crippen LogP contribution in [-0.4, -0.2) is 18.0 Å². The number of nitrogen functional groups attached to an aromatic ring is 1. The molecule has 2 aromatic rings.